The molecular weight excluding hydrogens is 286 g/mol. The summed E-state index contributed by atoms with van der Waals surface area (Å²) in [5.74, 6) is 0.406. The lowest BCUT2D eigenvalue weighted by Gasteiger charge is -2.15. The highest BCUT2D eigenvalue weighted by Crippen LogP contribution is 2.19. The number of benzene rings is 1. The molecule has 6 heteroatoms. The van der Waals surface area contributed by atoms with Crippen LogP contribution in [0.15, 0.2) is 23.1 Å². The fourth-order valence-corrected chi connectivity index (χ4v) is 4.15. The summed E-state index contributed by atoms with van der Waals surface area (Å²) in [7, 11) is -3.44. The van der Waals surface area contributed by atoms with Crippen LogP contribution in [0.2, 0.25) is 0 Å². The highest BCUT2D eigenvalue weighted by molar-refractivity contribution is 7.89. The maximum Gasteiger partial charge on any atom is 0.240 e. The number of hydrogen-bond acceptors (Lipinski definition) is 4. The average molecular weight is 311 g/mol. The lowest BCUT2D eigenvalue weighted by Crippen LogP contribution is -2.31. The molecular formula is C15H25N3O2S. The fourth-order valence-electron chi connectivity index (χ4n) is 2.81. The maximum absolute atomic E-state index is 12.4. The number of nitrogens with two attached hydrogens (primary N) is 1. The molecule has 118 valence electrons. The number of rotatable bonds is 6. The summed E-state index contributed by atoms with van der Waals surface area (Å²) in [6.45, 7) is 7.94. The molecule has 1 aromatic carbocycles. The van der Waals surface area contributed by atoms with Crippen LogP contribution in [-0.2, 0) is 16.6 Å². The van der Waals surface area contributed by atoms with Gasteiger partial charge in [0.25, 0.3) is 0 Å². The Labute approximate surface area is 127 Å². The van der Waals surface area contributed by atoms with E-state index in [1.165, 1.54) is 0 Å². The molecule has 3 N–H and O–H groups in total. The zero-order valence-corrected chi connectivity index (χ0v) is 13.6. The predicted molar refractivity (Wildman–Crippen MR) is 84.5 cm³/mol. The summed E-state index contributed by atoms with van der Waals surface area (Å²) in [6, 6.07) is 5.26. The second-order valence-electron chi connectivity index (χ2n) is 5.70. The van der Waals surface area contributed by atoms with Crippen molar-refractivity contribution in [3.8, 4) is 0 Å². The Hall–Kier alpha value is -0.950. The summed E-state index contributed by atoms with van der Waals surface area (Å²) in [4.78, 5) is 2.70. The van der Waals surface area contributed by atoms with Gasteiger partial charge in [0.1, 0.15) is 0 Å². The standard InChI is InChI=1S/C15H25N3O2S/c1-3-18-7-6-14(11-18)10-17-21(19,20)15-5-4-13(9-16)8-12(15)2/h4-5,8,14,17H,3,6-7,9-11,16H2,1-2H3. The van der Waals surface area contributed by atoms with Crippen LogP contribution in [0.1, 0.15) is 24.5 Å². The molecule has 0 aliphatic carbocycles. The molecule has 0 saturated carbocycles. The molecule has 2 rings (SSSR count). The van der Waals surface area contributed by atoms with Crippen LogP contribution in [0, 0.1) is 12.8 Å². The van der Waals surface area contributed by atoms with Crippen LogP contribution < -0.4 is 10.5 Å². The molecule has 1 atom stereocenters. The molecule has 1 fully saturated rings. The fraction of sp³-hybridized carbons (Fsp3) is 0.600. The minimum atomic E-state index is -3.44. The minimum Gasteiger partial charge on any atom is -0.326 e. The number of aryl methyl sites for hydroxylation is 1. The quantitative estimate of drug-likeness (QED) is 0.824. The van der Waals surface area contributed by atoms with Gasteiger partial charge in [0.15, 0.2) is 0 Å². The Balaban J connectivity index is 2.02. The van der Waals surface area contributed by atoms with Gasteiger partial charge in [-0.25, -0.2) is 13.1 Å². The zero-order chi connectivity index (χ0) is 15.5. The Kier molecular flexibility index (Phi) is 5.37. The summed E-state index contributed by atoms with van der Waals surface area (Å²) in [5, 5.41) is 0. The van der Waals surface area contributed by atoms with Crippen molar-refractivity contribution in [2.75, 3.05) is 26.2 Å². The topological polar surface area (TPSA) is 75.4 Å². The van der Waals surface area contributed by atoms with Crippen molar-refractivity contribution in [2.24, 2.45) is 11.7 Å². The van der Waals surface area contributed by atoms with E-state index in [1.807, 2.05) is 13.0 Å². The second kappa shape index (κ2) is 6.87. The van der Waals surface area contributed by atoms with E-state index in [9.17, 15) is 8.42 Å². The van der Waals surface area contributed by atoms with Crippen molar-refractivity contribution in [3.05, 3.63) is 29.3 Å². The van der Waals surface area contributed by atoms with E-state index in [2.05, 4.69) is 16.5 Å². The number of nitrogens with zero attached hydrogens (tertiary/aromatic N) is 1. The van der Waals surface area contributed by atoms with E-state index in [1.54, 1.807) is 12.1 Å². The Morgan fingerprint density at radius 2 is 2.19 bits per heavy atom. The molecule has 1 aliphatic rings. The summed E-state index contributed by atoms with van der Waals surface area (Å²) in [6.07, 6.45) is 1.06. The molecule has 0 spiro atoms. The highest BCUT2D eigenvalue weighted by atomic mass is 32.2. The molecule has 0 amide bonds. The van der Waals surface area contributed by atoms with Crippen LogP contribution in [0.5, 0.6) is 0 Å². The molecule has 1 aromatic rings. The maximum atomic E-state index is 12.4. The second-order valence-corrected chi connectivity index (χ2v) is 7.44. The van der Waals surface area contributed by atoms with Gasteiger partial charge >= 0.3 is 0 Å². The molecule has 0 bridgehead atoms. The van der Waals surface area contributed by atoms with Gasteiger partial charge in [-0.1, -0.05) is 19.1 Å². The minimum absolute atomic E-state index is 0.352. The van der Waals surface area contributed by atoms with E-state index in [-0.39, 0.29) is 0 Å². The molecule has 0 aromatic heterocycles. The predicted octanol–water partition coefficient (Wildman–Crippen LogP) is 1.07. The van der Waals surface area contributed by atoms with Crippen molar-refractivity contribution in [2.45, 2.75) is 31.7 Å². The Morgan fingerprint density at radius 3 is 2.76 bits per heavy atom. The zero-order valence-electron chi connectivity index (χ0n) is 12.8. The van der Waals surface area contributed by atoms with Gasteiger partial charge < -0.3 is 10.6 Å². The third-order valence-electron chi connectivity index (χ3n) is 4.14. The van der Waals surface area contributed by atoms with E-state index in [0.29, 0.717) is 23.9 Å². The number of nitrogens with one attached hydrogen (secondary N) is 1. The molecule has 1 heterocycles. The van der Waals surface area contributed by atoms with E-state index in [4.69, 9.17) is 5.73 Å². The van der Waals surface area contributed by atoms with Crippen LogP contribution >= 0.6 is 0 Å². The Bertz CT molecular complexity index is 587. The first-order valence-electron chi connectivity index (χ1n) is 7.48. The van der Waals surface area contributed by atoms with E-state index in [0.717, 1.165) is 37.2 Å². The smallest absolute Gasteiger partial charge is 0.240 e. The van der Waals surface area contributed by atoms with Gasteiger partial charge in [0, 0.05) is 19.6 Å². The lowest BCUT2D eigenvalue weighted by molar-refractivity contribution is 0.342. The summed E-state index contributed by atoms with van der Waals surface area (Å²) >= 11 is 0. The third kappa shape index (κ3) is 4.03. The van der Waals surface area contributed by atoms with Crippen molar-refractivity contribution in [1.29, 1.82) is 0 Å². The van der Waals surface area contributed by atoms with Gasteiger partial charge in [-0.2, -0.15) is 0 Å². The van der Waals surface area contributed by atoms with Crippen LogP contribution in [0.3, 0.4) is 0 Å². The summed E-state index contributed by atoms with van der Waals surface area (Å²) < 4.78 is 27.6. The normalized spacial score (nSPS) is 20.0. The van der Waals surface area contributed by atoms with E-state index >= 15 is 0 Å². The van der Waals surface area contributed by atoms with Crippen LogP contribution in [0.4, 0.5) is 0 Å². The van der Waals surface area contributed by atoms with Gasteiger partial charge in [-0.15, -0.1) is 0 Å². The van der Waals surface area contributed by atoms with Crippen LogP contribution in [-0.4, -0.2) is 39.5 Å². The molecule has 5 nitrogen and oxygen atoms in total. The summed E-state index contributed by atoms with van der Waals surface area (Å²) in [5.41, 5.74) is 7.26. The highest BCUT2D eigenvalue weighted by Gasteiger charge is 2.24. The van der Waals surface area contributed by atoms with Gasteiger partial charge in [-0.3, -0.25) is 0 Å². The van der Waals surface area contributed by atoms with Gasteiger partial charge in [0.05, 0.1) is 4.90 Å². The number of hydrogen-bond donors (Lipinski definition) is 2. The Morgan fingerprint density at radius 1 is 1.43 bits per heavy atom. The number of sulfonamides is 1. The van der Waals surface area contributed by atoms with Crippen molar-refractivity contribution >= 4 is 10.0 Å². The first kappa shape index (κ1) is 16.4. The van der Waals surface area contributed by atoms with Crippen molar-refractivity contribution in [3.63, 3.8) is 0 Å². The number of likely N-dealkylation sites (tertiary alicyclic amines) is 1. The van der Waals surface area contributed by atoms with Gasteiger partial charge in [-0.05, 0) is 49.5 Å². The van der Waals surface area contributed by atoms with Gasteiger partial charge in [0.2, 0.25) is 10.0 Å². The molecule has 21 heavy (non-hydrogen) atoms. The average Bonchev–Trinajstić information content (AvgIpc) is 2.93. The third-order valence-corrected chi connectivity index (χ3v) is 5.73. The molecule has 1 aliphatic heterocycles. The monoisotopic (exact) mass is 311 g/mol. The van der Waals surface area contributed by atoms with Crippen molar-refractivity contribution in [1.82, 2.24) is 9.62 Å². The lowest BCUT2D eigenvalue weighted by atomic mass is 10.1. The largest absolute Gasteiger partial charge is 0.326 e. The molecule has 0 radical (unpaired) electrons. The SMILES string of the molecule is CCN1CCC(CNS(=O)(=O)c2ccc(CN)cc2C)C1. The van der Waals surface area contributed by atoms with Crippen LogP contribution in [0.25, 0.3) is 0 Å². The van der Waals surface area contributed by atoms with Crippen molar-refractivity contribution < 1.29 is 8.42 Å². The molecule has 1 saturated heterocycles. The molecule has 1 unspecified atom stereocenters. The first-order valence-corrected chi connectivity index (χ1v) is 8.96. The first-order chi connectivity index (χ1) is 9.96. The van der Waals surface area contributed by atoms with E-state index < -0.39 is 10.0 Å².